The van der Waals surface area contributed by atoms with Crippen LogP contribution in [0, 0.1) is 11.3 Å². The summed E-state index contributed by atoms with van der Waals surface area (Å²) >= 11 is 0. The minimum Gasteiger partial charge on any atom is -0.339 e. The van der Waals surface area contributed by atoms with Gasteiger partial charge >= 0.3 is 0 Å². The maximum absolute atomic E-state index is 12.6. The minimum absolute atomic E-state index is 0.0993. The van der Waals surface area contributed by atoms with Crippen LogP contribution in [-0.2, 0) is 0 Å². The Morgan fingerprint density at radius 1 is 1.21 bits per heavy atom. The molecule has 0 spiro atoms. The van der Waals surface area contributed by atoms with Crippen LogP contribution in [0.25, 0.3) is 0 Å². The Hall–Kier alpha value is -2.94. The number of para-hydroxylation sites is 1. The van der Waals surface area contributed by atoms with Crippen LogP contribution in [0.3, 0.4) is 0 Å². The predicted octanol–water partition coefficient (Wildman–Crippen LogP) is 3.35. The normalized spacial score (nSPS) is 10.0. The second-order valence-corrected chi connectivity index (χ2v) is 5.36. The largest absolute Gasteiger partial charge is 0.339 e. The lowest BCUT2D eigenvalue weighted by Gasteiger charge is -2.21. The first-order valence-electron chi connectivity index (χ1n) is 8.07. The number of anilines is 2. The van der Waals surface area contributed by atoms with E-state index in [4.69, 9.17) is 5.26 Å². The molecule has 0 bridgehead atoms. The third kappa shape index (κ3) is 4.29. The van der Waals surface area contributed by atoms with Gasteiger partial charge in [-0.3, -0.25) is 4.79 Å². The van der Waals surface area contributed by atoms with Gasteiger partial charge in [-0.25, -0.2) is 9.97 Å². The van der Waals surface area contributed by atoms with E-state index in [1.165, 1.54) is 6.33 Å². The molecule has 1 N–H and O–H groups in total. The lowest BCUT2D eigenvalue weighted by Crippen LogP contribution is -2.33. The van der Waals surface area contributed by atoms with Gasteiger partial charge in [0.1, 0.15) is 23.9 Å². The first-order valence-corrected chi connectivity index (χ1v) is 8.07. The molecule has 24 heavy (non-hydrogen) atoms. The van der Waals surface area contributed by atoms with Crippen LogP contribution in [0.5, 0.6) is 0 Å². The Morgan fingerprint density at radius 3 is 2.58 bits per heavy atom. The van der Waals surface area contributed by atoms with Crippen molar-refractivity contribution in [1.29, 1.82) is 5.26 Å². The molecular weight excluding hydrogens is 302 g/mol. The summed E-state index contributed by atoms with van der Waals surface area (Å²) in [6.45, 7) is 5.50. The van der Waals surface area contributed by atoms with Crippen molar-refractivity contribution in [2.24, 2.45) is 0 Å². The number of rotatable bonds is 7. The summed E-state index contributed by atoms with van der Waals surface area (Å²) in [4.78, 5) is 22.7. The first kappa shape index (κ1) is 17.4. The fourth-order valence-electron chi connectivity index (χ4n) is 2.39. The number of benzene rings is 1. The maximum atomic E-state index is 12.6. The van der Waals surface area contributed by atoms with Gasteiger partial charge in [0, 0.05) is 19.2 Å². The van der Waals surface area contributed by atoms with Gasteiger partial charge in [0.15, 0.2) is 0 Å². The highest BCUT2D eigenvalue weighted by molar-refractivity contribution is 5.93. The van der Waals surface area contributed by atoms with Crippen molar-refractivity contribution in [2.75, 3.05) is 18.4 Å². The van der Waals surface area contributed by atoms with Crippen LogP contribution >= 0.6 is 0 Å². The van der Waals surface area contributed by atoms with Crippen molar-refractivity contribution in [3.05, 3.63) is 47.9 Å². The predicted molar refractivity (Wildman–Crippen MR) is 93.0 cm³/mol. The SMILES string of the molecule is CCCN(CCC)C(=O)c1cc(Nc2ccccc2C#N)ncn1. The van der Waals surface area contributed by atoms with Gasteiger partial charge < -0.3 is 10.2 Å². The van der Waals surface area contributed by atoms with Crippen molar-refractivity contribution in [3.63, 3.8) is 0 Å². The molecule has 0 aliphatic heterocycles. The summed E-state index contributed by atoms with van der Waals surface area (Å²) in [7, 11) is 0. The molecule has 0 aliphatic rings. The molecule has 6 heteroatoms. The highest BCUT2D eigenvalue weighted by Gasteiger charge is 2.16. The number of carbonyl (C=O) groups excluding carboxylic acids is 1. The maximum Gasteiger partial charge on any atom is 0.272 e. The average Bonchev–Trinajstić information content (AvgIpc) is 2.61. The molecule has 0 radical (unpaired) electrons. The molecule has 0 saturated carbocycles. The minimum atomic E-state index is -0.0993. The molecule has 1 aromatic heterocycles. The third-order valence-electron chi connectivity index (χ3n) is 3.47. The molecule has 0 saturated heterocycles. The van der Waals surface area contributed by atoms with Gasteiger partial charge in [-0.15, -0.1) is 0 Å². The number of carbonyl (C=O) groups is 1. The first-order chi connectivity index (χ1) is 11.7. The summed E-state index contributed by atoms with van der Waals surface area (Å²) in [5.74, 6) is 0.390. The number of nitriles is 1. The Bertz CT molecular complexity index is 732. The molecule has 0 fully saturated rings. The van der Waals surface area contributed by atoms with Gasteiger partial charge in [-0.1, -0.05) is 26.0 Å². The third-order valence-corrected chi connectivity index (χ3v) is 3.47. The summed E-state index contributed by atoms with van der Waals surface area (Å²) in [5, 5.41) is 12.2. The van der Waals surface area contributed by atoms with Crippen molar-refractivity contribution in [3.8, 4) is 6.07 Å². The Balaban J connectivity index is 2.22. The van der Waals surface area contributed by atoms with E-state index in [2.05, 4.69) is 21.4 Å². The van der Waals surface area contributed by atoms with Crippen LogP contribution in [0.15, 0.2) is 36.7 Å². The second kappa shape index (κ2) is 8.63. The van der Waals surface area contributed by atoms with Crippen molar-refractivity contribution >= 4 is 17.4 Å². The molecule has 1 heterocycles. The fraction of sp³-hybridized carbons (Fsp3) is 0.333. The van der Waals surface area contributed by atoms with Crippen molar-refractivity contribution in [2.45, 2.75) is 26.7 Å². The number of hydrogen-bond acceptors (Lipinski definition) is 5. The van der Waals surface area contributed by atoms with Gasteiger partial charge in [0.2, 0.25) is 0 Å². The van der Waals surface area contributed by atoms with Gasteiger partial charge in [0.05, 0.1) is 11.3 Å². The summed E-state index contributed by atoms with van der Waals surface area (Å²) in [6.07, 6.45) is 3.16. The van der Waals surface area contributed by atoms with Crippen LogP contribution in [-0.4, -0.2) is 33.9 Å². The van der Waals surface area contributed by atoms with Crippen LogP contribution in [0.1, 0.15) is 42.7 Å². The van der Waals surface area contributed by atoms with Crippen molar-refractivity contribution in [1.82, 2.24) is 14.9 Å². The molecule has 6 nitrogen and oxygen atoms in total. The molecule has 0 unspecified atom stereocenters. The van der Waals surface area contributed by atoms with Gasteiger partial charge in [0.25, 0.3) is 5.91 Å². The van der Waals surface area contributed by atoms with E-state index in [9.17, 15) is 4.79 Å². The highest BCUT2D eigenvalue weighted by Crippen LogP contribution is 2.19. The molecular formula is C18H21N5O. The van der Waals surface area contributed by atoms with E-state index in [1.807, 2.05) is 19.9 Å². The quantitative estimate of drug-likeness (QED) is 0.845. The van der Waals surface area contributed by atoms with Gasteiger partial charge in [-0.05, 0) is 25.0 Å². The van der Waals surface area contributed by atoms with Crippen LogP contribution < -0.4 is 5.32 Å². The standard InChI is InChI=1S/C18H21N5O/c1-3-9-23(10-4-2)18(24)16-11-17(21-13-20-16)22-15-8-6-5-7-14(15)12-19/h5-8,11,13H,3-4,9-10H2,1-2H3,(H,20,21,22). The number of amides is 1. The Kier molecular flexibility index (Phi) is 6.26. The van der Waals surface area contributed by atoms with E-state index in [0.29, 0.717) is 35.9 Å². The lowest BCUT2D eigenvalue weighted by atomic mass is 10.2. The molecule has 1 aromatic carbocycles. The van der Waals surface area contributed by atoms with Crippen LogP contribution in [0.2, 0.25) is 0 Å². The Morgan fingerprint density at radius 2 is 1.92 bits per heavy atom. The Labute approximate surface area is 142 Å². The molecule has 1 amide bonds. The zero-order chi connectivity index (χ0) is 17.4. The average molecular weight is 323 g/mol. The fourth-order valence-corrected chi connectivity index (χ4v) is 2.39. The topological polar surface area (TPSA) is 81.9 Å². The monoisotopic (exact) mass is 323 g/mol. The molecule has 0 aliphatic carbocycles. The number of aromatic nitrogens is 2. The highest BCUT2D eigenvalue weighted by atomic mass is 16.2. The molecule has 0 atom stereocenters. The smallest absolute Gasteiger partial charge is 0.272 e. The second-order valence-electron chi connectivity index (χ2n) is 5.36. The van der Waals surface area contributed by atoms with E-state index in [0.717, 1.165) is 12.8 Å². The zero-order valence-corrected chi connectivity index (χ0v) is 14.0. The van der Waals surface area contributed by atoms with E-state index in [1.54, 1.807) is 29.2 Å². The van der Waals surface area contributed by atoms with Crippen LogP contribution in [0.4, 0.5) is 11.5 Å². The van der Waals surface area contributed by atoms with E-state index >= 15 is 0 Å². The summed E-state index contributed by atoms with van der Waals surface area (Å²) in [5.41, 5.74) is 1.52. The molecule has 2 aromatic rings. The van der Waals surface area contributed by atoms with E-state index < -0.39 is 0 Å². The van der Waals surface area contributed by atoms with Gasteiger partial charge in [-0.2, -0.15) is 5.26 Å². The summed E-state index contributed by atoms with van der Waals surface area (Å²) in [6, 6.07) is 10.9. The number of nitrogens with one attached hydrogen (secondary N) is 1. The molecule has 124 valence electrons. The number of nitrogens with zero attached hydrogens (tertiary/aromatic N) is 4. The number of hydrogen-bond donors (Lipinski definition) is 1. The lowest BCUT2D eigenvalue weighted by molar-refractivity contribution is 0.0749. The molecule has 2 rings (SSSR count). The van der Waals surface area contributed by atoms with Crippen molar-refractivity contribution < 1.29 is 4.79 Å². The van der Waals surface area contributed by atoms with E-state index in [-0.39, 0.29) is 5.91 Å². The zero-order valence-electron chi connectivity index (χ0n) is 14.0. The summed E-state index contributed by atoms with van der Waals surface area (Å²) < 4.78 is 0.